The molecule has 2 heterocycles. The van der Waals surface area contributed by atoms with Gasteiger partial charge in [0.1, 0.15) is 17.9 Å². The van der Waals surface area contributed by atoms with E-state index in [4.69, 9.17) is 23.2 Å². The maximum Gasteiger partial charge on any atom is 0.272 e. The van der Waals surface area contributed by atoms with Gasteiger partial charge >= 0.3 is 0 Å². The van der Waals surface area contributed by atoms with Crippen LogP contribution in [0.3, 0.4) is 0 Å². The second-order valence-electron chi connectivity index (χ2n) is 12.7. The molecule has 10 heteroatoms. The molecule has 1 N–H and O–H groups in total. The Labute approximate surface area is 265 Å². The summed E-state index contributed by atoms with van der Waals surface area (Å²) in [5.74, 6) is 2.42. The predicted octanol–water partition coefficient (Wildman–Crippen LogP) is 6.46. The molecular formula is C32H55Cl2N4O3S+. The van der Waals surface area contributed by atoms with Gasteiger partial charge < -0.3 is 9.80 Å². The third kappa shape index (κ3) is 8.00. The van der Waals surface area contributed by atoms with E-state index in [1.165, 1.54) is 36.5 Å². The third-order valence-corrected chi connectivity index (χ3v) is 11.6. The first-order chi connectivity index (χ1) is 20.1. The zero-order valence-corrected chi connectivity index (χ0v) is 28.7. The fourth-order valence-electron chi connectivity index (χ4n) is 7.93. The Bertz CT molecular complexity index is 1110. The highest BCUT2D eigenvalue weighted by molar-refractivity contribution is 7.85. The zero-order valence-electron chi connectivity index (χ0n) is 26.4. The smallest absolute Gasteiger partial charge is 0.272 e. The van der Waals surface area contributed by atoms with Crippen molar-refractivity contribution in [2.75, 3.05) is 31.9 Å². The number of fused-ring (bicyclic) bond motifs is 2. The predicted molar refractivity (Wildman–Crippen MR) is 175 cm³/mol. The molecular weight excluding hydrogens is 591 g/mol. The summed E-state index contributed by atoms with van der Waals surface area (Å²) in [6, 6.07) is 1.77. The van der Waals surface area contributed by atoms with Gasteiger partial charge in [0.25, 0.3) is 16.0 Å². The third-order valence-electron chi connectivity index (χ3n) is 9.99. The van der Waals surface area contributed by atoms with E-state index in [1.54, 1.807) is 0 Å². The van der Waals surface area contributed by atoms with Gasteiger partial charge in [-0.1, -0.05) is 20.3 Å². The van der Waals surface area contributed by atoms with Crippen molar-refractivity contribution < 1.29 is 17.5 Å². The van der Waals surface area contributed by atoms with Gasteiger partial charge in [0.15, 0.2) is 0 Å². The number of hydrogen-bond donors (Lipinski definition) is 1. The number of likely N-dealkylation sites (N-methyl/N-ethyl adjacent to an activating group) is 2. The lowest BCUT2D eigenvalue weighted by atomic mass is 9.89. The van der Waals surface area contributed by atoms with Crippen LogP contribution in [0.2, 0.25) is 0 Å². The molecule has 2 aliphatic heterocycles. The quantitative estimate of drug-likeness (QED) is 0.101. The van der Waals surface area contributed by atoms with Crippen molar-refractivity contribution in [3.63, 3.8) is 0 Å². The highest BCUT2D eigenvalue weighted by Crippen LogP contribution is 2.41. The van der Waals surface area contributed by atoms with Gasteiger partial charge in [0, 0.05) is 36.3 Å². The second-order valence-corrected chi connectivity index (χ2v) is 15.5. The normalized spacial score (nSPS) is 31.4. The minimum atomic E-state index is -3.95. The summed E-state index contributed by atoms with van der Waals surface area (Å²) in [5.41, 5.74) is 1.32. The van der Waals surface area contributed by atoms with Crippen LogP contribution < -0.4 is 0 Å². The van der Waals surface area contributed by atoms with Crippen LogP contribution in [-0.2, 0) is 10.1 Å². The molecule has 1 saturated heterocycles. The standard InChI is InChI=1S/C32H54Cl2N4O3S/c1-5-9-10-17-37-29-22-25(33)13-15-27(29)35(7-3)31(37)20-24(6-2)21-32-36(8-4)28-16-14-26(34)23-30(28)38(32)18-11-12-19-42(39,40)41/h20-21,25-30H,5-19,22-23H2,1-4H3/p+1. The van der Waals surface area contributed by atoms with E-state index >= 15 is 0 Å². The molecule has 240 valence electrons. The summed E-state index contributed by atoms with van der Waals surface area (Å²) < 4.78 is 34.6. The van der Waals surface area contributed by atoms with Crippen molar-refractivity contribution in [2.45, 2.75) is 140 Å². The van der Waals surface area contributed by atoms with Gasteiger partial charge in [-0.3, -0.25) is 14.0 Å². The molecule has 0 aromatic carbocycles. The number of nitrogens with zero attached hydrogens (tertiary/aromatic N) is 4. The number of allylic oxidation sites excluding steroid dienone is 2. The lowest BCUT2D eigenvalue weighted by Crippen LogP contribution is -2.45. The monoisotopic (exact) mass is 645 g/mol. The molecule has 3 fully saturated rings. The average molecular weight is 647 g/mol. The first-order valence-electron chi connectivity index (χ1n) is 16.7. The molecule has 42 heavy (non-hydrogen) atoms. The molecule has 0 aromatic rings. The van der Waals surface area contributed by atoms with Crippen molar-refractivity contribution in [2.24, 2.45) is 0 Å². The Morgan fingerprint density at radius 3 is 2.19 bits per heavy atom. The molecule has 6 atom stereocenters. The van der Waals surface area contributed by atoms with Gasteiger partial charge in [0.05, 0.1) is 30.9 Å². The SMILES string of the molecule is CCCCCN1C(C=C(C=C2N(CC)C3CCC(Cl)CC3N2CCCCS(=O)(=O)O)CC)=[N+](CC)C2CCC(Cl)CC21. The average Bonchev–Trinajstić information content (AvgIpc) is 3.40. The molecule has 4 rings (SSSR count). The van der Waals surface area contributed by atoms with Crippen molar-refractivity contribution in [3.05, 3.63) is 23.5 Å². The summed E-state index contributed by atoms with van der Waals surface area (Å²) >= 11 is 13.5. The van der Waals surface area contributed by atoms with Crippen molar-refractivity contribution in [1.82, 2.24) is 14.7 Å². The lowest BCUT2D eigenvalue weighted by Gasteiger charge is -2.34. The number of unbranched alkanes of at least 4 members (excludes halogenated alkanes) is 3. The van der Waals surface area contributed by atoms with Gasteiger partial charge in [-0.2, -0.15) is 8.42 Å². The van der Waals surface area contributed by atoms with Crippen LogP contribution in [-0.4, -0.2) is 105 Å². The Morgan fingerprint density at radius 2 is 1.55 bits per heavy atom. The van der Waals surface area contributed by atoms with Gasteiger partial charge in [-0.05, 0) is 89.7 Å². The minimum absolute atomic E-state index is 0.170. The van der Waals surface area contributed by atoms with Crippen LogP contribution in [0.4, 0.5) is 0 Å². The van der Waals surface area contributed by atoms with Crippen LogP contribution >= 0.6 is 23.2 Å². The van der Waals surface area contributed by atoms with Gasteiger partial charge in [0.2, 0.25) is 0 Å². The van der Waals surface area contributed by atoms with Crippen molar-refractivity contribution >= 4 is 39.2 Å². The maximum atomic E-state index is 11.4. The Morgan fingerprint density at radius 1 is 0.881 bits per heavy atom. The summed E-state index contributed by atoms with van der Waals surface area (Å²) in [5, 5.41) is 0.429. The van der Waals surface area contributed by atoms with Crippen molar-refractivity contribution in [1.29, 1.82) is 0 Å². The summed E-state index contributed by atoms with van der Waals surface area (Å²) in [4.78, 5) is 7.75. The number of amidine groups is 1. The highest BCUT2D eigenvalue weighted by Gasteiger charge is 2.49. The van der Waals surface area contributed by atoms with E-state index in [0.717, 1.165) is 71.1 Å². The Kier molecular flexibility index (Phi) is 12.4. The molecule has 0 bridgehead atoms. The fraction of sp³-hybridized carbons (Fsp3) is 0.844. The zero-order chi connectivity index (χ0) is 30.4. The molecule has 6 unspecified atom stereocenters. The van der Waals surface area contributed by atoms with Crippen LogP contribution in [0, 0.1) is 0 Å². The van der Waals surface area contributed by atoms with Gasteiger partial charge in [-0.15, -0.1) is 23.2 Å². The number of hydrogen-bond acceptors (Lipinski definition) is 5. The lowest BCUT2D eigenvalue weighted by molar-refractivity contribution is -0.558. The van der Waals surface area contributed by atoms with Crippen LogP contribution in [0.25, 0.3) is 0 Å². The second kappa shape index (κ2) is 15.4. The molecule has 4 aliphatic rings. The van der Waals surface area contributed by atoms with Gasteiger partial charge in [-0.25, -0.2) is 0 Å². The van der Waals surface area contributed by atoms with E-state index in [9.17, 15) is 13.0 Å². The molecule has 0 aromatic heterocycles. The number of halogens is 2. The van der Waals surface area contributed by atoms with E-state index in [-0.39, 0.29) is 16.5 Å². The molecule has 7 nitrogen and oxygen atoms in total. The van der Waals surface area contributed by atoms with Crippen LogP contribution in [0.15, 0.2) is 23.5 Å². The van der Waals surface area contributed by atoms with Crippen molar-refractivity contribution in [3.8, 4) is 0 Å². The first kappa shape index (κ1) is 33.9. The van der Waals surface area contributed by atoms with Crippen LogP contribution in [0.5, 0.6) is 0 Å². The molecule has 2 saturated carbocycles. The van der Waals surface area contributed by atoms with E-state index < -0.39 is 10.1 Å². The van der Waals surface area contributed by atoms with E-state index in [0.29, 0.717) is 37.0 Å². The Hall–Kier alpha value is -0.960. The summed E-state index contributed by atoms with van der Waals surface area (Å²) in [7, 11) is -3.95. The number of alkyl halides is 2. The molecule has 0 amide bonds. The van der Waals surface area contributed by atoms with E-state index in [1.807, 2.05) is 0 Å². The largest absolute Gasteiger partial charge is 0.353 e. The highest BCUT2D eigenvalue weighted by atomic mass is 35.5. The minimum Gasteiger partial charge on any atom is -0.353 e. The summed E-state index contributed by atoms with van der Waals surface area (Å²) in [6.07, 6.45) is 17.0. The topological polar surface area (TPSA) is 67.1 Å². The molecule has 0 spiro atoms. The molecule has 2 aliphatic carbocycles. The van der Waals surface area contributed by atoms with E-state index in [2.05, 4.69) is 59.1 Å². The van der Waals surface area contributed by atoms with Crippen LogP contribution in [0.1, 0.15) is 105 Å². The Balaban J connectivity index is 1.68. The first-order valence-corrected chi connectivity index (χ1v) is 19.2. The maximum absolute atomic E-state index is 11.4. The number of rotatable bonds is 14. The molecule has 0 radical (unpaired) electrons. The summed E-state index contributed by atoms with van der Waals surface area (Å²) in [6.45, 7) is 12.8. The fourth-order valence-corrected chi connectivity index (χ4v) is 9.12.